The normalized spacial score (nSPS) is 23.3. The lowest BCUT2D eigenvalue weighted by Gasteiger charge is -2.26. The van der Waals surface area contributed by atoms with Gasteiger partial charge in [0, 0.05) is 24.5 Å². The fraction of sp³-hybridized carbons (Fsp3) is 0.611. The summed E-state index contributed by atoms with van der Waals surface area (Å²) >= 11 is 11.9. The number of benzene rings is 1. The summed E-state index contributed by atoms with van der Waals surface area (Å²) in [7, 11) is 1.82. The van der Waals surface area contributed by atoms with E-state index in [2.05, 4.69) is 0 Å². The molecule has 6 heteroatoms. The van der Waals surface area contributed by atoms with Gasteiger partial charge in [-0.25, -0.2) is 0 Å². The minimum atomic E-state index is -0.604. The largest absolute Gasteiger partial charge is 0.492 e. The first-order chi connectivity index (χ1) is 11.3. The standard InChI is InChI=1S/C18H25Cl2NO3/c1-3-18(23)9-8-14(12-18)21(2)17(22)5-4-10-24-16-7-6-13(19)11-15(16)20/h6-7,11,14,23H,3-5,8-10,12H2,1-2H3. The lowest BCUT2D eigenvalue weighted by Crippen LogP contribution is -2.37. The van der Waals surface area contributed by atoms with Crippen LogP contribution in [0.25, 0.3) is 0 Å². The highest BCUT2D eigenvalue weighted by atomic mass is 35.5. The van der Waals surface area contributed by atoms with Gasteiger partial charge in [0.05, 0.1) is 17.2 Å². The van der Waals surface area contributed by atoms with E-state index in [-0.39, 0.29) is 11.9 Å². The zero-order valence-corrected chi connectivity index (χ0v) is 15.7. The van der Waals surface area contributed by atoms with Crippen LogP contribution < -0.4 is 4.74 Å². The summed E-state index contributed by atoms with van der Waals surface area (Å²) < 4.78 is 5.60. The highest BCUT2D eigenvalue weighted by Crippen LogP contribution is 2.35. The van der Waals surface area contributed by atoms with Gasteiger partial charge in [0.15, 0.2) is 0 Å². The van der Waals surface area contributed by atoms with Crippen LogP contribution in [0.4, 0.5) is 0 Å². The molecule has 1 saturated carbocycles. The molecule has 24 heavy (non-hydrogen) atoms. The monoisotopic (exact) mass is 373 g/mol. The molecule has 0 heterocycles. The Morgan fingerprint density at radius 1 is 1.46 bits per heavy atom. The van der Waals surface area contributed by atoms with Crippen molar-refractivity contribution in [2.45, 2.75) is 57.1 Å². The molecule has 0 bridgehead atoms. The number of carbonyl (C=O) groups is 1. The fourth-order valence-electron chi connectivity index (χ4n) is 3.11. The summed E-state index contributed by atoms with van der Waals surface area (Å²) in [5.41, 5.74) is -0.604. The van der Waals surface area contributed by atoms with E-state index in [0.717, 1.165) is 19.3 Å². The lowest BCUT2D eigenvalue weighted by molar-refractivity contribution is -0.132. The molecule has 2 rings (SSSR count). The van der Waals surface area contributed by atoms with Gasteiger partial charge in [0.1, 0.15) is 5.75 Å². The van der Waals surface area contributed by atoms with Gasteiger partial charge < -0.3 is 14.7 Å². The van der Waals surface area contributed by atoms with Crippen molar-refractivity contribution in [1.82, 2.24) is 4.90 Å². The van der Waals surface area contributed by atoms with Crippen molar-refractivity contribution in [3.63, 3.8) is 0 Å². The van der Waals surface area contributed by atoms with Crippen LogP contribution in [0, 0.1) is 0 Å². The first kappa shape index (κ1) is 19.4. The molecule has 0 aromatic heterocycles. The Morgan fingerprint density at radius 3 is 2.83 bits per heavy atom. The molecule has 2 atom stereocenters. The average molecular weight is 374 g/mol. The summed E-state index contributed by atoms with van der Waals surface area (Å²) in [5, 5.41) is 11.3. The molecule has 0 aliphatic heterocycles. The van der Waals surface area contributed by atoms with Gasteiger partial charge in [0.2, 0.25) is 5.91 Å². The Morgan fingerprint density at radius 2 is 2.21 bits per heavy atom. The number of hydrogen-bond donors (Lipinski definition) is 1. The van der Waals surface area contributed by atoms with E-state index >= 15 is 0 Å². The SMILES string of the molecule is CCC1(O)CCC(N(C)C(=O)CCCOc2ccc(Cl)cc2Cl)C1. The Balaban J connectivity index is 1.73. The summed E-state index contributed by atoms with van der Waals surface area (Å²) in [6.45, 7) is 2.41. The number of carbonyl (C=O) groups excluding carboxylic acids is 1. The molecule has 1 N–H and O–H groups in total. The predicted octanol–water partition coefficient (Wildman–Crippen LogP) is 4.30. The van der Waals surface area contributed by atoms with Crippen LogP contribution in [0.15, 0.2) is 18.2 Å². The second-order valence-corrected chi connectivity index (χ2v) is 7.35. The third-order valence-corrected chi connectivity index (χ3v) is 5.37. The van der Waals surface area contributed by atoms with Crippen molar-refractivity contribution in [3.05, 3.63) is 28.2 Å². The van der Waals surface area contributed by atoms with E-state index in [1.165, 1.54) is 0 Å². The first-order valence-electron chi connectivity index (χ1n) is 8.40. The van der Waals surface area contributed by atoms with Crippen molar-refractivity contribution < 1.29 is 14.6 Å². The second kappa shape index (κ2) is 8.41. The van der Waals surface area contributed by atoms with Crippen molar-refractivity contribution in [1.29, 1.82) is 0 Å². The summed E-state index contributed by atoms with van der Waals surface area (Å²) in [5.74, 6) is 0.664. The van der Waals surface area contributed by atoms with Crippen molar-refractivity contribution >= 4 is 29.1 Å². The molecule has 1 aliphatic carbocycles. The molecule has 134 valence electrons. The third-order valence-electron chi connectivity index (χ3n) is 4.84. The van der Waals surface area contributed by atoms with Gasteiger partial charge in [-0.05, 0) is 50.3 Å². The van der Waals surface area contributed by atoms with Crippen LogP contribution >= 0.6 is 23.2 Å². The van der Waals surface area contributed by atoms with Crippen LogP contribution in [0.2, 0.25) is 10.0 Å². The molecule has 0 spiro atoms. The van der Waals surface area contributed by atoms with E-state index in [1.807, 2.05) is 14.0 Å². The quantitative estimate of drug-likeness (QED) is 0.724. The number of aliphatic hydroxyl groups is 1. The fourth-order valence-corrected chi connectivity index (χ4v) is 3.57. The Kier molecular flexibility index (Phi) is 6.79. The van der Waals surface area contributed by atoms with Crippen LogP contribution in [0.1, 0.15) is 45.4 Å². The Bertz CT molecular complexity index is 581. The number of ether oxygens (including phenoxy) is 1. The smallest absolute Gasteiger partial charge is 0.222 e. The van der Waals surface area contributed by atoms with Crippen LogP contribution in [-0.4, -0.2) is 41.2 Å². The van der Waals surface area contributed by atoms with Crippen LogP contribution in [0.5, 0.6) is 5.75 Å². The molecule has 1 amide bonds. The Labute approximate surface area is 153 Å². The van der Waals surface area contributed by atoms with E-state index in [4.69, 9.17) is 27.9 Å². The number of halogens is 2. The first-order valence-corrected chi connectivity index (χ1v) is 9.16. The molecular formula is C18H25Cl2NO3. The van der Waals surface area contributed by atoms with Crippen molar-refractivity contribution in [2.24, 2.45) is 0 Å². The third kappa shape index (κ3) is 5.01. The zero-order valence-electron chi connectivity index (χ0n) is 14.2. The molecule has 4 nitrogen and oxygen atoms in total. The molecule has 1 aliphatic rings. The average Bonchev–Trinajstić information content (AvgIpc) is 2.95. The number of rotatable bonds is 7. The summed E-state index contributed by atoms with van der Waals surface area (Å²) in [6.07, 6.45) is 4.08. The maximum Gasteiger partial charge on any atom is 0.222 e. The molecule has 0 saturated heterocycles. The molecule has 2 unspecified atom stereocenters. The van der Waals surface area contributed by atoms with Gasteiger partial charge >= 0.3 is 0 Å². The van der Waals surface area contributed by atoms with Crippen LogP contribution in [0.3, 0.4) is 0 Å². The second-order valence-electron chi connectivity index (χ2n) is 6.51. The lowest BCUT2D eigenvalue weighted by atomic mass is 9.99. The minimum Gasteiger partial charge on any atom is -0.492 e. The van der Waals surface area contributed by atoms with E-state index < -0.39 is 5.60 Å². The molecule has 0 radical (unpaired) electrons. The predicted molar refractivity (Wildman–Crippen MR) is 96.8 cm³/mol. The number of amides is 1. The van der Waals surface area contributed by atoms with Gasteiger partial charge in [-0.15, -0.1) is 0 Å². The van der Waals surface area contributed by atoms with E-state index in [1.54, 1.807) is 23.1 Å². The minimum absolute atomic E-state index is 0.0890. The van der Waals surface area contributed by atoms with E-state index in [0.29, 0.717) is 41.7 Å². The summed E-state index contributed by atoms with van der Waals surface area (Å²) in [6, 6.07) is 5.21. The van der Waals surface area contributed by atoms with Gasteiger partial charge in [-0.1, -0.05) is 30.1 Å². The maximum atomic E-state index is 12.3. The zero-order chi connectivity index (χ0) is 17.7. The Hall–Kier alpha value is -0.970. The molecular weight excluding hydrogens is 349 g/mol. The number of nitrogens with zero attached hydrogens (tertiary/aromatic N) is 1. The maximum absolute atomic E-state index is 12.3. The van der Waals surface area contributed by atoms with Crippen molar-refractivity contribution in [3.8, 4) is 5.75 Å². The highest BCUT2D eigenvalue weighted by Gasteiger charge is 2.38. The van der Waals surface area contributed by atoms with Gasteiger partial charge in [-0.2, -0.15) is 0 Å². The van der Waals surface area contributed by atoms with E-state index in [9.17, 15) is 9.90 Å². The molecule has 1 aromatic rings. The molecule has 1 fully saturated rings. The molecule has 1 aromatic carbocycles. The topological polar surface area (TPSA) is 49.8 Å². The van der Waals surface area contributed by atoms with Gasteiger partial charge in [-0.3, -0.25) is 4.79 Å². The highest BCUT2D eigenvalue weighted by molar-refractivity contribution is 6.35. The van der Waals surface area contributed by atoms with Crippen molar-refractivity contribution in [2.75, 3.05) is 13.7 Å². The number of hydrogen-bond acceptors (Lipinski definition) is 3. The summed E-state index contributed by atoms with van der Waals surface area (Å²) in [4.78, 5) is 14.1. The van der Waals surface area contributed by atoms with Crippen LogP contribution in [-0.2, 0) is 4.79 Å². The van der Waals surface area contributed by atoms with Gasteiger partial charge in [0.25, 0.3) is 0 Å².